The molecule has 0 aromatic rings. The number of rotatable bonds is 26. The molecule has 7 aliphatic heterocycles. The molecule has 0 aromatic carbocycles. The summed E-state index contributed by atoms with van der Waals surface area (Å²) in [7, 11) is 0. The lowest BCUT2D eigenvalue weighted by atomic mass is 9.93. The molecule has 0 saturated carbocycles. The predicted molar refractivity (Wildman–Crippen MR) is 287 cm³/mol. The molecule has 0 spiro atoms. The molecule has 39 atom stereocenters. The van der Waals surface area contributed by atoms with Crippen molar-refractivity contribution < 1.29 is 193 Å². The Bertz CT molecular complexity index is 2300. The van der Waals surface area contributed by atoms with E-state index in [1.165, 1.54) is 13.8 Å². The fourth-order valence-corrected chi connectivity index (χ4v) is 11.8. The summed E-state index contributed by atoms with van der Waals surface area (Å²) in [5, 5.41) is 254. The van der Waals surface area contributed by atoms with Crippen LogP contribution in [0.15, 0.2) is 0 Å². The van der Waals surface area contributed by atoms with E-state index < -0.39 is 297 Å². The van der Waals surface area contributed by atoms with Crippen LogP contribution in [0.2, 0.25) is 0 Å². The smallest absolute Gasteiger partial charge is 0.217 e. The first-order chi connectivity index (χ1) is 43.9. The molecule has 0 aliphatic carbocycles. The Hall–Kier alpha value is -2.54. The molecule has 0 unspecified atom stereocenters. The zero-order valence-corrected chi connectivity index (χ0v) is 50.3. The van der Waals surface area contributed by atoms with Crippen LogP contribution in [0.4, 0.5) is 0 Å². The van der Waals surface area contributed by atoms with Crippen LogP contribution in [-0.2, 0) is 75.9 Å². The van der Waals surface area contributed by atoms with E-state index in [0.29, 0.717) is 0 Å². The molecule has 7 saturated heterocycles. The van der Waals surface area contributed by atoms with Gasteiger partial charge in [-0.15, -0.1) is 0 Å². The highest BCUT2D eigenvalue weighted by Gasteiger charge is 2.61. The topological polar surface area (TPSA) is 653 Å². The van der Waals surface area contributed by atoms with E-state index in [9.17, 15) is 127 Å². The van der Waals surface area contributed by atoms with Crippen molar-refractivity contribution in [2.45, 2.75) is 267 Å². The number of aliphatic hydroxyl groups excluding tert-OH is 23. The highest BCUT2D eigenvalue weighted by Crippen LogP contribution is 2.40. The number of amides is 2. The van der Waals surface area contributed by atoms with Crippen LogP contribution >= 0.6 is 0 Å². The Morgan fingerprint density at radius 3 is 1.01 bits per heavy atom. The first kappa shape index (κ1) is 77.8. The van der Waals surface area contributed by atoms with Gasteiger partial charge in [0.15, 0.2) is 44.0 Å². The fourth-order valence-electron chi connectivity index (χ4n) is 11.8. The number of ether oxygens (including phenoxy) is 14. The minimum atomic E-state index is -2.48. The number of carbonyl (C=O) groups is 2. The summed E-state index contributed by atoms with van der Waals surface area (Å²) in [6, 6.07) is -4.00. The third kappa shape index (κ3) is 17.2. The Morgan fingerprint density at radius 1 is 0.344 bits per heavy atom. The molecule has 93 heavy (non-hydrogen) atoms. The van der Waals surface area contributed by atoms with E-state index in [0.717, 1.165) is 13.8 Å². The van der Waals surface area contributed by atoms with Crippen LogP contribution in [0.5, 0.6) is 0 Å². The number of carbonyl (C=O) groups excluding carboxylic acids is 2. The molecule has 41 heteroatoms. The summed E-state index contributed by atoms with van der Waals surface area (Å²) in [6.07, 6.45) is -75.1. The lowest BCUT2D eigenvalue weighted by Gasteiger charge is -2.52. The largest absolute Gasteiger partial charge is 0.394 e. The Morgan fingerprint density at radius 2 is 0.645 bits per heavy atom. The zero-order chi connectivity index (χ0) is 68.9. The SMILES string of the molecule is CC(=O)N[C@H]1[C@H](O[C@H]2[C@@H](O)[C@@H](CO)O[C@@H](O[C@@H]3[C@@H](NC(C)=O)[C@H](O[C@H]4[C@@H](O)[C@@H](CO)O[C@@H](O[C@@H]([C@H](O)[C@@H](O)CO)[C@H](O)CO)[C@@H]4O)O[C@H](CO)[C@H]3O[C@@H]3O[C@@H](C)[C@@H](O)[C@@H](O)[C@@H]3O)[C@@H]2O)O[C@H](CO)[C@@H](O[C@@H]2O[C@@H](C)[C@@H](O)[C@@H](O)[C@@H]2O)[C@@H]1O[C@@H]1O[C@H](CO)[C@H](O)[C@H](O)[C@H]1O. The lowest BCUT2D eigenvalue weighted by molar-refractivity contribution is -0.398. The van der Waals surface area contributed by atoms with Crippen molar-refractivity contribution in [1.82, 2.24) is 10.6 Å². The summed E-state index contributed by atoms with van der Waals surface area (Å²) in [5.74, 6) is -1.97. The van der Waals surface area contributed by atoms with E-state index in [1.807, 2.05) is 0 Å². The van der Waals surface area contributed by atoms with Crippen LogP contribution in [0.3, 0.4) is 0 Å². The second-order valence-corrected chi connectivity index (χ2v) is 23.6. The van der Waals surface area contributed by atoms with Crippen LogP contribution in [0.1, 0.15) is 27.7 Å². The maximum absolute atomic E-state index is 13.4. The van der Waals surface area contributed by atoms with E-state index in [2.05, 4.69) is 10.6 Å². The normalized spacial score (nSPS) is 48.1. The number of hydrogen-bond donors (Lipinski definition) is 25. The summed E-state index contributed by atoms with van der Waals surface area (Å²) in [5.41, 5.74) is 0. The van der Waals surface area contributed by atoms with Crippen LogP contribution in [0.25, 0.3) is 0 Å². The third-order valence-electron chi connectivity index (χ3n) is 17.0. The summed E-state index contributed by atoms with van der Waals surface area (Å²) in [6.45, 7) is -3.54. The van der Waals surface area contributed by atoms with Crippen LogP contribution in [-0.4, -0.2) is 415 Å². The maximum atomic E-state index is 13.4. The fraction of sp³-hybridized carbons (Fsp3) is 0.962. The quantitative estimate of drug-likeness (QED) is 0.0382. The van der Waals surface area contributed by atoms with Gasteiger partial charge in [0.25, 0.3) is 0 Å². The van der Waals surface area contributed by atoms with Gasteiger partial charge in [-0.05, 0) is 13.8 Å². The van der Waals surface area contributed by atoms with Crippen molar-refractivity contribution in [2.75, 3.05) is 46.2 Å². The van der Waals surface area contributed by atoms with Crippen molar-refractivity contribution in [3.05, 3.63) is 0 Å². The van der Waals surface area contributed by atoms with Gasteiger partial charge in [-0.1, -0.05) is 0 Å². The second-order valence-electron chi connectivity index (χ2n) is 23.6. The minimum absolute atomic E-state index is 0.921. The standard InChI is InChI=1S/C52H90N2O39/c1-12-25(66)31(72)34(75)48(80-12)88-40-21(10-60)85-46(23(53-14(3)62)42(40)90-50-36(77)33(74)28(69)18(7-57)82-50)93-45-30(71)20(9-59)84-52(38(45)79)91-43-24(54-15(4)63)47(86-22(11-61)41(43)89-49-35(76)32(73)26(67)13(2)81-49)92-44-29(70)19(8-58)83-51(37(44)78)87-39(17(65)6-56)27(68)16(64)5-55/h12-13,16-52,55-61,64-79H,5-11H2,1-4H3,(H,53,62)(H,54,63)/t12-,13-,16-,17+,18+,19+,20+,21+,22+,23+,24+,25+,26+,27+,28-,29-,30-,31+,32+,33-,34-,35-,36+,37+,38+,39+,40+,41+,42+,43+,44-,45-,46-,47-,48-,49-,50-,51-,52-/m0/s1. The number of hydrogen-bond acceptors (Lipinski definition) is 39. The Labute approximate surface area is 528 Å². The van der Waals surface area contributed by atoms with E-state index >= 15 is 0 Å². The van der Waals surface area contributed by atoms with Gasteiger partial charge >= 0.3 is 0 Å². The number of aliphatic hydroxyl groups is 23. The van der Waals surface area contributed by atoms with Gasteiger partial charge in [0.1, 0.15) is 183 Å². The van der Waals surface area contributed by atoms with Crippen molar-refractivity contribution in [2.24, 2.45) is 0 Å². The number of nitrogens with one attached hydrogen (secondary N) is 2. The molecule has 7 heterocycles. The van der Waals surface area contributed by atoms with Gasteiger partial charge in [-0.2, -0.15) is 0 Å². The first-order valence-corrected chi connectivity index (χ1v) is 29.8. The van der Waals surface area contributed by atoms with Gasteiger partial charge < -0.3 is 194 Å². The van der Waals surface area contributed by atoms with Gasteiger partial charge in [0.05, 0.1) is 58.5 Å². The van der Waals surface area contributed by atoms with Crippen molar-refractivity contribution in [1.29, 1.82) is 0 Å². The molecule has 542 valence electrons. The molecular formula is C52H90N2O39. The van der Waals surface area contributed by atoms with Gasteiger partial charge in [0, 0.05) is 13.8 Å². The third-order valence-corrected chi connectivity index (χ3v) is 17.0. The Kier molecular flexibility index (Phi) is 28.5. The molecule has 25 N–H and O–H groups in total. The van der Waals surface area contributed by atoms with Gasteiger partial charge in [-0.3, -0.25) is 9.59 Å². The molecule has 2 amide bonds. The van der Waals surface area contributed by atoms with Crippen molar-refractivity contribution in [3.63, 3.8) is 0 Å². The molecular weight excluding hydrogens is 1280 g/mol. The highest BCUT2D eigenvalue weighted by atomic mass is 16.8. The zero-order valence-electron chi connectivity index (χ0n) is 50.3. The van der Waals surface area contributed by atoms with Gasteiger partial charge in [-0.25, -0.2) is 0 Å². The molecule has 7 fully saturated rings. The molecule has 0 aromatic heterocycles. The molecule has 0 radical (unpaired) electrons. The Balaban J connectivity index is 1.28. The van der Waals surface area contributed by atoms with Crippen molar-refractivity contribution >= 4 is 11.8 Å². The first-order valence-electron chi connectivity index (χ1n) is 29.8. The average molecular weight is 1370 g/mol. The summed E-state index contributed by atoms with van der Waals surface area (Å²) < 4.78 is 83.4. The second kappa shape index (κ2) is 34.0. The summed E-state index contributed by atoms with van der Waals surface area (Å²) >= 11 is 0. The van der Waals surface area contributed by atoms with Crippen molar-refractivity contribution in [3.8, 4) is 0 Å². The van der Waals surface area contributed by atoms with E-state index in [-0.39, 0.29) is 0 Å². The predicted octanol–water partition coefficient (Wildman–Crippen LogP) is -16.5. The van der Waals surface area contributed by atoms with E-state index in [4.69, 9.17) is 66.3 Å². The average Bonchev–Trinajstić information content (AvgIpc) is 0.796. The monoisotopic (exact) mass is 1370 g/mol. The lowest BCUT2D eigenvalue weighted by Crippen LogP contribution is -2.72. The molecule has 7 rings (SSSR count). The summed E-state index contributed by atoms with van der Waals surface area (Å²) in [4.78, 5) is 26.7. The van der Waals surface area contributed by atoms with E-state index in [1.54, 1.807) is 0 Å². The van der Waals surface area contributed by atoms with Crippen LogP contribution < -0.4 is 10.6 Å². The maximum Gasteiger partial charge on any atom is 0.217 e. The molecule has 0 bridgehead atoms. The molecule has 41 nitrogen and oxygen atoms in total. The van der Waals surface area contributed by atoms with Gasteiger partial charge in [0.2, 0.25) is 11.8 Å². The molecule has 7 aliphatic rings. The minimum Gasteiger partial charge on any atom is -0.394 e. The van der Waals surface area contributed by atoms with Crippen LogP contribution in [0, 0.1) is 0 Å². The highest BCUT2D eigenvalue weighted by molar-refractivity contribution is 5.73.